The van der Waals surface area contributed by atoms with Gasteiger partial charge >= 0.3 is 0 Å². The zero-order valence-electron chi connectivity index (χ0n) is 11.5. The van der Waals surface area contributed by atoms with Crippen molar-refractivity contribution in [1.82, 2.24) is 0 Å². The number of rotatable bonds is 6. The molecule has 3 nitrogen and oxygen atoms in total. The van der Waals surface area contributed by atoms with E-state index in [0.29, 0.717) is 6.04 Å². The Kier molecular flexibility index (Phi) is 4.63. The highest BCUT2D eigenvalue weighted by Crippen LogP contribution is 2.23. The molecule has 3 heteroatoms. The fourth-order valence-corrected chi connectivity index (χ4v) is 2.14. The third-order valence-corrected chi connectivity index (χ3v) is 3.22. The van der Waals surface area contributed by atoms with Gasteiger partial charge in [-0.25, -0.2) is 0 Å². The molecule has 0 aliphatic carbocycles. The summed E-state index contributed by atoms with van der Waals surface area (Å²) in [5, 5.41) is 13.2. The van der Waals surface area contributed by atoms with Crippen LogP contribution < -0.4 is 5.32 Å². The summed E-state index contributed by atoms with van der Waals surface area (Å²) in [5.41, 5.74) is 1.94. The first-order valence-electron chi connectivity index (χ1n) is 6.72. The molecule has 0 radical (unpaired) electrons. The number of nitrogens with one attached hydrogen (secondary N) is 1. The molecule has 1 heterocycles. The van der Waals surface area contributed by atoms with Crippen molar-refractivity contribution < 1.29 is 9.52 Å². The monoisotopic (exact) mass is 259 g/mol. The SMILES string of the molecule is CC(CCc1ccco1)Nc1ccccc1C(C)O. The van der Waals surface area contributed by atoms with Crippen LogP contribution in [0, 0.1) is 0 Å². The smallest absolute Gasteiger partial charge is 0.103 e. The Labute approximate surface area is 114 Å². The lowest BCUT2D eigenvalue weighted by molar-refractivity contribution is 0.200. The van der Waals surface area contributed by atoms with Crippen LogP contribution in [-0.4, -0.2) is 11.1 Å². The fraction of sp³-hybridized carbons (Fsp3) is 0.375. The molecule has 2 aromatic rings. The minimum absolute atomic E-state index is 0.324. The lowest BCUT2D eigenvalue weighted by Gasteiger charge is -2.19. The first kappa shape index (κ1) is 13.7. The van der Waals surface area contributed by atoms with E-state index in [0.717, 1.165) is 29.9 Å². The molecule has 0 fully saturated rings. The number of anilines is 1. The van der Waals surface area contributed by atoms with E-state index in [9.17, 15) is 5.11 Å². The van der Waals surface area contributed by atoms with Gasteiger partial charge in [0.1, 0.15) is 5.76 Å². The van der Waals surface area contributed by atoms with Gasteiger partial charge < -0.3 is 14.8 Å². The van der Waals surface area contributed by atoms with Crippen LogP contribution in [0.5, 0.6) is 0 Å². The molecule has 0 spiro atoms. The van der Waals surface area contributed by atoms with Crippen LogP contribution in [0.15, 0.2) is 47.1 Å². The average molecular weight is 259 g/mol. The van der Waals surface area contributed by atoms with Crippen LogP contribution in [0.1, 0.15) is 37.7 Å². The maximum Gasteiger partial charge on any atom is 0.103 e. The number of aliphatic hydroxyl groups is 1. The number of aryl methyl sites for hydroxylation is 1. The molecule has 102 valence electrons. The molecule has 2 unspecified atom stereocenters. The van der Waals surface area contributed by atoms with Gasteiger partial charge in [0.25, 0.3) is 0 Å². The van der Waals surface area contributed by atoms with Crippen LogP contribution >= 0.6 is 0 Å². The molecule has 2 rings (SSSR count). The van der Waals surface area contributed by atoms with Crippen LogP contribution in [0.4, 0.5) is 5.69 Å². The van der Waals surface area contributed by atoms with E-state index in [1.165, 1.54) is 0 Å². The summed E-state index contributed by atoms with van der Waals surface area (Å²) in [5.74, 6) is 1.01. The summed E-state index contributed by atoms with van der Waals surface area (Å²) in [6, 6.07) is 12.1. The summed E-state index contributed by atoms with van der Waals surface area (Å²) in [7, 11) is 0. The predicted octanol–water partition coefficient (Wildman–Crippen LogP) is 3.77. The molecule has 19 heavy (non-hydrogen) atoms. The summed E-state index contributed by atoms with van der Waals surface area (Å²) >= 11 is 0. The van der Waals surface area contributed by atoms with Gasteiger partial charge in [0.15, 0.2) is 0 Å². The quantitative estimate of drug-likeness (QED) is 0.830. The summed E-state index contributed by atoms with van der Waals surface area (Å²) < 4.78 is 5.33. The van der Waals surface area contributed by atoms with E-state index in [4.69, 9.17) is 4.42 Å². The first-order valence-corrected chi connectivity index (χ1v) is 6.72. The van der Waals surface area contributed by atoms with Crippen LogP contribution in [0.25, 0.3) is 0 Å². The van der Waals surface area contributed by atoms with E-state index in [2.05, 4.69) is 12.2 Å². The number of aliphatic hydroxyl groups excluding tert-OH is 1. The maximum absolute atomic E-state index is 9.74. The summed E-state index contributed by atoms with van der Waals surface area (Å²) in [6.07, 6.45) is 3.15. The summed E-state index contributed by atoms with van der Waals surface area (Å²) in [6.45, 7) is 3.93. The zero-order valence-corrected chi connectivity index (χ0v) is 11.5. The Hall–Kier alpha value is -1.74. The number of hydrogen-bond acceptors (Lipinski definition) is 3. The Morgan fingerprint density at radius 2 is 1.95 bits per heavy atom. The second-order valence-corrected chi connectivity index (χ2v) is 4.93. The largest absolute Gasteiger partial charge is 0.469 e. The van der Waals surface area contributed by atoms with E-state index in [-0.39, 0.29) is 0 Å². The highest BCUT2D eigenvalue weighted by atomic mass is 16.3. The normalized spacial score (nSPS) is 14.1. The van der Waals surface area contributed by atoms with Crippen LogP contribution in [-0.2, 0) is 6.42 Å². The molecule has 1 aromatic heterocycles. The molecule has 0 saturated heterocycles. The van der Waals surface area contributed by atoms with E-state index in [1.54, 1.807) is 13.2 Å². The first-order chi connectivity index (χ1) is 9.16. The standard InChI is InChI=1S/C16H21NO2/c1-12(9-10-14-6-5-11-19-14)17-16-8-4-3-7-15(16)13(2)18/h3-8,11-13,17-18H,9-10H2,1-2H3. The molecule has 2 N–H and O–H groups in total. The third kappa shape index (κ3) is 3.86. The van der Waals surface area contributed by atoms with Crippen molar-refractivity contribution in [3.8, 4) is 0 Å². The highest BCUT2D eigenvalue weighted by Gasteiger charge is 2.10. The molecule has 1 aromatic carbocycles. The van der Waals surface area contributed by atoms with Crippen LogP contribution in [0.3, 0.4) is 0 Å². The second-order valence-electron chi connectivity index (χ2n) is 4.93. The molecule has 0 bridgehead atoms. The average Bonchev–Trinajstić information content (AvgIpc) is 2.90. The van der Waals surface area contributed by atoms with Crippen molar-refractivity contribution in [2.75, 3.05) is 5.32 Å². The van der Waals surface area contributed by atoms with Gasteiger partial charge in [0, 0.05) is 23.7 Å². The van der Waals surface area contributed by atoms with Gasteiger partial charge in [-0.1, -0.05) is 18.2 Å². The van der Waals surface area contributed by atoms with Crippen molar-refractivity contribution in [2.45, 2.75) is 38.8 Å². The number of para-hydroxylation sites is 1. The Bertz CT molecular complexity index is 491. The van der Waals surface area contributed by atoms with E-state index >= 15 is 0 Å². The van der Waals surface area contributed by atoms with Gasteiger partial charge in [-0.05, 0) is 38.5 Å². The van der Waals surface area contributed by atoms with Crippen molar-refractivity contribution in [3.05, 3.63) is 54.0 Å². The second kappa shape index (κ2) is 6.43. The Balaban J connectivity index is 1.93. The number of hydrogen-bond donors (Lipinski definition) is 2. The molecule has 0 amide bonds. The van der Waals surface area contributed by atoms with E-state index < -0.39 is 6.10 Å². The third-order valence-electron chi connectivity index (χ3n) is 3.22. The number of benzene rings is 1. The molecular formula is C16H21NO2. The lowest BCUT2D eigenvalue weighted by Crippen LogP contribution is -2.17. The molecule has 2 atom stereocenters. The van der Waals surface area contributed by atoms with Gasteiger partial charge in [-0.3, -0.25) is 0 Å². The summed E-state index contributed by atoms with van der Waals surface area (Å²) in [4.78, 5) is 0. The maximum atomic E-state index is 9.74. The lowest BCUT2D eigenvalue weighted by atomic mass is 10.1. The van der Waals surface area contributed by atoms with Crippen molar-refractivity contribution >= 4 is 5.69 Å². The minimum atomic E-state index is -0.457. The minimum Gasteiger partial charge on any atom is -0.469 e. The number of furan rings is 1. The molecule has 0 aliphatic heterocycles. The van der Waals surface area contributed by atoms with Crippen molar-refractivity contribution in [2.24, 2.45) is 0 Å². The van der Waals surface area contributed by atoms with Gasteiger partial charge in [0.2, 0.25) is 0 Å². The van der Waals surface area contributed by atoms with Crippen LogP contribution in [0.2, 0.25) is 0 Å². The highest BCUT2D eigenvalue weighted by molar-refractivity contribution is 5.52. The van der Waals surface area contributed by atoms with Crippen molar-refractivity contribution in [3.63, 3.8) is 0 Å². The van der Waals surface area contributed by atoms with Gasteiger partial charge in [-0.15, -0.1) is 0 Å². The fourth-order valence-electron chi connectivity index (χ4n) is 2.14. The topological polar surface area (TPSA) is 45.4 Å². The molecular weight excluding hydrogens is 238 g/mol. The van der Waals surface area contributed by atoms with Gasteiger partial charge in [-0.2, -0.15) is 0 Å². The Morgan fingerprint density at radius 1 is 1.16 bits per heavy atom. The Morgan fingerprint density at radius 3 is 2.63 bits per heavy atom. The van der Waals surface area contributed by atoms with Gasteiger partial charge in [0.05, 0.1) is 12.4 Å². The van der Waals surface area contributed by atoms with Crippen molar-refractivity contribution in [1.29, 1.82) is 0 Å². The zero-order chi connectivity index (χ0) is 13.7. The van der Waals surface area contributed by atoms with E-state index in [1.807, 2.05) is 36.4 Å². The molecule has 0 aliphatic rings. The predicted molar refractivity (Wildman–Crippen MR) is 77.2 cm³/mol. The molecule has 0 saturated carbocycles.